The number of esters is 1. The van der Waals surface area contributed by atoms with Gasteiger partial charge in [0.2, 0.25) is 5.78 Å². The molecule has 8 nitrogen and oxygen atoms in total. The Balaban J connectivity index is 1.72. The number of hydrogen-bond acceptors (Lipinski definition) is 7. The van der Waals surface area contributed by atoms with E-state index in [2.05, 4.69) is 15.1 Å². The molecule has 1 atom stereocenters. The number of ketones is 2. The first-order valence-corrected chi connectivity index (χ1v) is 9.05. The number of nitrogens with one attached hydrogen (secondary N) is 1. The molecule has 0 saturated carbocycles. The van der Waals surface area contributed by atoms with Gasteiger partial charge in [0.1, 0.15) is 0 Å². The molecular weight excluding hydrogens is 374 g/mol. The molecule has 3 rings (SSSR count). The van der Waals surface area contributed by atoms with Crippen LogP contribution in [0.5, 0.6) is 0 Å². The minimum atomic E-state index is -1.02. The van der Waals surface area contributed by atoms with Crippen molar-refractivity contribution >= 4 is 17.5 Å². The third-order valence-electron chi connectivity index (χ3n) is 4.58. The summed E-state index contributed by atoms with van der Waals surface area (Å²) in [5.41, 5.74) is 2.88. The molecular formula is C21H21N3O5. The number of benzene rings is 1. The van der Waals surface area contributed by atoms with Crippen LogP contribution in [0.1, 0.15) is 62.1 Å². The highest BCUT2D eigenvalue weighted by atomic mass is 16.5. The van der Waals surface area contributed by atoms with Crippen molar-refractivity contribution in [1.82, 2.24) is 15.1 Å². The minimum Gasteiger partial charge on any atom is -0.451 e. The van der Waals surface area contributed by atoms with Crippen molar-refractivity contribution in [1.29, 1.82) is 0 Å². The molecule has 0 aliphatic heterocycles. The van der Waals surface area contributed by atoms with Crippen molar-refractivity contribution in [2.75, 3.05) is 0 Å². The van der Waals surface area contributed by atoms with Crippen LogP contribution in [0.4, 0.5) is 0 Å². The molecule has 150 valence electrons. The van der Waals surface area contributed by atoms with Gasteiger partial charge in [0.05, 0.1) is 11.3 Å². The lowest BCUT2D eigenvalue weighted by Crippen LogP contribution is -2.25. The fourth-order valence-electron chi connectivity index (χ4n) is 3.17. The molecule has 8 heteroatoms. The molecule has 0 fully saturated rings. The van der Waals surface area contributed by atoms with E-state index in [0.717, 1.165) is 0 Å². The van der Waals surface area contributed by atoms with E-state index in [1.54, 1.807) is 45.0 Å². The number of aromatic amines is 1. The maximum atomic E-state index is 12.7. The number of Topliss-reactive ketones (excluding diaryl/α,β-unsaturated/α-hetero) is 2. The lowest BCUT2D eigenvalue weighted by atomic mass is 10.0. The summed E-state index contributed by atoms with van der Waals surface area (Å²) in [5.74, 6) is -0.295. The molecule has 0 spiro atoms. The number of hydrogen-bond donors (Lipinski definition) is 1. The lowest BCUT2D eigenvalue weighted by Gasteiger charge is -2.12. The molecule has 2 aromatic heterocycles. The van der Waals surface area contributed by atoms with E-state index in [1.807, 2.05) is 0 Å². The fourth-order valence-corrected chi connectivity index (χ4v) is 3.17. The molecule has 29 heavy (non-hydrogen) atoms. The van der Waals surface area contributed by atoms with Gasteiger partial charge in [0, 0.05) is 16.8 Å². The maximum absolute atomic E-state index is 12.7. The van der Waals surface area contributed by atoms with Gasteiger partial charge < -0.3 is 14.2 Å². The van der Waals surface area contributed by atoms with Gasteiger partial charge in [0.25, 0.3) is 5.89 Å². The van der Waals surface area contributed by atoms with Crippen LogP contribution < -0.4 is 0 Å². The summed E-state index contributed by atoms with van der Waals surface area (Å²) in [5, 5.41) is 3.72. The normalized spacial score (nSPS) is 11.9. The third kappa shape index (κ3) is 4.01. The highest BCUT2D eigenvalue weighted by molar-refractivity contribution is 6.05. The van der Waals surface area contributed by atoms with Crippen molar-refractivity contribution in [2.24, 2.45) is 0 Å². The zero-order valence-electron chi connectivity index (χ0n) is 16.8. The lowest BCUT2D eigenvalue weighted by molar-refractivity contribution is 0.0317. The van der Waals surface area contributed by atoms with E-state index in [0.29, 0.717) is 34.1 Å². The van der Waals surface area contributed by atoms with Crippen LogP contribution in [-0.2, 0) is 4.74 Å². The number of nitrogens with zero attached hydrogens (tertiary/aromatic N) is 2. The Bertz CT molecular complexity index is 1090. The number of carbonyl (C=O) groups is 3. The SMILES string of the molecule is CC(=O)c1c(C)[nH]c(C(=O)[C@H](C)OC(=O)c2ccc(-c3nc(C)no3)cc2)c1C. The molecule has 1 aromatic carbocycles. The minimum absolute atomic E-state index is 0.128. The molecule has 0 saturated heterocycles. The monoisotopic (exact) mass is 395 g/mol. The van der Waals surface area contributed by atoms with Gasteiger partial charge in [-0.25, -0.2) is 4.79 Å². The Morgan fingerprint density at radius 1 is 1.10 bits per heavy atom. The van der Waals surface area contributed by atoms with Gasteiger partial charge in [-0.3, -0.25) is 9.59 Å². The number of ether oxygens (including phenoxy) is 1. The standard InChI is InChI=1S/C21H21N3O5/c1-10-17(12(3)25)11(2)22-18(10)19(26)13(4)28-21(27)16-8-6-15(7-9-16)20-23-14(5)24-29-20/h6-9,13,22H,1-5H3/t13-/m0/s1. The Morgan fingerprint density at radius 2 is 1.76 bits per heavy atom. The summed E-state index contributed by atoms with van der Waals surface area (Å²) in [7, 11) is 0. The summed E-state index contributed by atoms with van der Waals surface area (Å²) in [6.07, 6.45) is -1.02. The Hall–Kier alpha value is -3.55. The van der Waals surface area contributed by atoms with Gasteiger partial charge >= 0.3 is 5.97 Å². The van der Waals surface area contributed by atoms with Gasteiger partial charge in [-0.1, -0.05) is 5.16 Å². The van der Waals surface area contributed by atoms with E-state index in [-0.39, 0.29) is 17.0 Å². The van der Waals surface area contributed by atoms with Crippen LogP contribution >= 0.6 is 0 Å². The second-order valence-electron chi connectivity index (χ2n) is 6.82. The molecule has 2 heterocycles. The molecule has 0 amide bonds. The zero-order valence-corrected chi connectivity index (χ0v) is 16.8. The van der Waals surface area contributed by atoms with Crippen molar-refractivity contribution < 1.29 is 23.6 Å². The molecule has 0 radical (unpaired) electrons. The summed E-state index contributed by atoms with van der Waals surface area (Å²) in [6, 6.07) is 6.44. The van der Waals surface area contributed by atoms with Gasteiger partial charge in [-0.2, -0.15) is 4.98 Å². The highest BCUT2D eigenvalue weighted by Crippen LogP contribution is 2.21. The second kappa shape index (κ2) is 7.83. The first kappa shape index (κ1) is 20.2. The molecule has 0 aliphatic carbocycles. The summed E-state index contributed by atoms with van der Waals surface area (Å²) >= 11 is 0. The van der Waals surface area contributed by atoms with Gasteiger partial charge in [-0.05, 0) is 64.4 Å². The van der Waals surface area contributed by atoms with E-state index in [4.69, 9.17) is 9.26 Å². The average Bonchev–Trinajstić information content (AvgIpc) is 3.23. The van der Waals surface area contributed by atoms with E-state index >= 15 is 0 Å². The van der Waals surface area contributed by atoms with Crippen LogP contribution in [0.3, 0.4) is 0 Å². The Kier molecular flexibility index (Phi) is 5.45. The Labute approximate surface area is 167 Å². The fraction of sp³-hybridized carbons (Fsp3) is 0.286. The smallest absolute Gasteiger partial charge is 0.338 e. The maximum Gasteiger partial charge on any atom is 0.338 e. The van der Waals surface area contributed by atoms with Crippen LogP contribution in [0.15, 0.2) is 28.8 Å². The number of carbonyl (C=O) groups excluding carboxylic acids is 3. The van der Waals surface area contributed by atoms with Crippen molar-refractivity contribution in [3.63, 3.8) is 0 Å². The number of aryl methyl sites for hydroxylation is 2. The van der Waals surface area contributed by atoms with Crippen LogP contribution in [0.25, 0.3) is 11.5 Å². The largest absolute Gasteiger partial charge is 0.451 e. The van der Waals surface area contributed by atoms with Crippen LogP contribution in [0, 0.1) is 20.8 Å². The Morgan fingerprint density at radius 3 is 2.28 bits per heavy atom. The van der Waals surface area contributed by atoms with Crippen molar-refractivity contribution in [3.8, 4) is 11.5 Å². The van der Waals surface area contributed by atoms with Gasteiger partial charge in [0.15, 0.2) is 17.7 Å². The van der Waals surface area contributed by atoms with Crippen LogP contribution in [0.2, 0.25) is 0 Å². The number of H-pyrrole nitrogens is 1. The predicted molar refractivity (Wildman–Crippen MR) is 104 cm³/mol. The van der Waals surface area contributed by atoms with E-state index in [9.17, 15) is 14.4 Å². The summed E-state index contributed by atoms with van der Waals surface area (Å²) in [6.45, 7) is 8.08. The molecule has 0 unspecified atom stereocenters. The van der Waals surface area contributed by atoms with Crippen molar-refractivity contribution in [2.45, 2.75) is 40.7 Å². The van der Waals surface area contributed by atoms with Gasteiger partial charge in [-0.15, -0.1) is 0 Å². The van der Waals surface area contributed by atoms with Crippen LogP contribution in [-0.4, -0.2) is 38.8 Å². The quantitative estimate of drug-likeness (QED) is 0.500. The molecule has 3 aromatic rings. The average molecular weight is 395 g/mol. The highest BCUT2D eigenvalue weighted by Gasteiger charge is 2.26. The van der Waals surface area contributed by atoms with E-state index in [1.165, 1.54) is 13.8 Å². The third-order valence-corrected chi connectivity index (χ3v) is 4.58. The molecule has 1 N–H and O–H groups in total. The topological polar surface area (TPSA) is 115 Å². The molecule has 0 aliphatic rings. The first-order chi connectivity index (χ1) is 13.7. The molecule has 0 bridgehead atoms. The number of aromatic nitrogens is 3. The first-order valence-electron chi connectivity index (χ1n) is 9.05. The zero-order chi connectivity index (χ0) is 21.3. The van der Waals surface area contributed by atoms with E-state index < -0.39 is 17.9 Å². The summed E-state index contributed by atoms with van der Waals surface area (Å²) in [4.78, 5) is 43.9. The predicted octanol–water partition coefficient (Wildman–Crippen LogP) is 3.62. The summed E-state index contributed by atoms with van der Waals surface area (Å²) < 4.78 is 10.4. The van der Waals surface area contributed by atoms with Crippen molar-refractivity contribution in [3.05, 3.63) is 58.2 Å². The number of rotatable bonds is 6. The second-order valence-corrected chi connectivity index (χ2v) is 6.82.